The van der Waals surface area contributed by atoms with Crippen molar-refractivity contribution in [2.24, 2.45) is 4.99 Å². The Labute approximate surface area is 183 Å². The molecule has 0 bridgehead atoms. The number of nitrogens with zero attached hydrogens (tertiary/aromatic N) is 2. The van der Waals surface area contributed by atoms with Crippen LogP contribution in [0.3, 0.4) is 0 Å². The van der Waals surface area contributed by atoms with E-state index in [0.29, 0.717) is 32.2 Å². The fourth-order valence-corrected chi connectivity index (χ4v) is 2.39. The lowest BCUT2D eigenvalue weighted by Crippen LogP contribution is -2.38. The van der Waals surface area contributed by atoms with Gasteiger partial charge in [-0.1, -0.05) is 40.2 Å². The van der Waals surface area contributed by atoms with Gasteiger partial charge >= 0.3 is 0 Å². The van der Waals surface area contributed by atoms with E-state index in [2.05, 4.69) is 31.6 Å². The molecule has 0 unspecified atom stereocenters. The Hall–Kier alpha value is -1.72. The molecule has 0 fully saturated rings. The summed E-state index contributed by atoms with van der Waals surface area (Å²) in [7, 11) is 1.64. The van der Waals surface area contributed by atoms with Crippen molar-refractivity contribution in [1.82, 2.24) is 10.6 Å². The number of aliphatic imine (C=N–C) groups is 1. The molecule has 0 spiro atoms. The number of ether oxygens (including phenoxy) is 1. The maximum absolute atomic E-state index is 10.7. The number of halogens is 2. The molecule has 2 rings (SSSR count). The highest BCUT2D eigenvalue weighted by atomic mass is 127. The number of hydrogen-bond donors (Lipinski definition) is 2. The second kappa shape index (κ2) is 12.6. The number of non-ortho nitro benzene ring substituents is 1. The molecule has 0 aliphatic heterocycles. The van der Waals surface area contributed by atoms with Gasteiger partial charge in [0, 0.05) is 36.8 Å². The van der Waals surface area contributed by atoms with Crippen molar-refractivity contribution in [2.45, 2.75) is 13.1 Å². The topological polar surface area (TPSA) is 88.8 Å². The van der Waals surface area contributed by atoms with E-state index in [9.17, 15) is 10.1 Å². The molecule has 0 aromatic heterocycles. The highest BCUT2D eigenvalue weighted by Crippen LogP contribution is 2.12. The summed E-state index contributed by atoms with van der Waals surface area (Å²) in [5.74, 6) is 0.656. The summed E-state index contributed by atoms with van der Waals surface area (Å²) < 4.78 is 6.08. The lowest BCUT2D eigenvalue weighted by atomic mass is 10.2. The van der Waals surface area contributed by atoms with Crippen LogP contribution >= 0.6 is 39.9 Å². The maximum atomic E-state index is 10.7. The third kappa shape index (κ3) is 8.67. The average molecular weight is 549 g/mol. The average Bonchev–Trinajstić information content (AvgIpc) is 2.65. The molecule has 146 valence electrons. The number of nitro groups is 1. The van der Waals surface area contributed by atoms with Gasteiger partial charge in [0.25, 0.3) is 5.69 Å². The molecule has 27 heavy (non-hydrogen) atoms. The normalized spacial score (nSPS) is 10.8. The number of methoxy groups -OCH3 is 1. The second-order valence-corrected chi connectivity index (χ2v) is 6.40. The zero-order valence-electron chi connectivity index (χ0n) is 14.9. The first kappa shape index (κ1) is 23.3. The molecule has 0 saturated heterocycles. The minimum atomic E-state index is -0.408. The maximum Gasteiger partial charge on any atom is 0.269 e. The van der Waals surface area contributed by atoms with Crippen molar-refractivity contribution in [3.8, 4) is 0 Å². The van der Waals surface area contributed by atoms with E-state index in [1.807, 2.05) is 24.3 Å². The lowest BCUT2D eigenvalue weighted by molar-refractivity contribution is -0.384. The van der Waals surface area contributed by atoms with Gasteiger partial charge < -0.3 is 15.4 Å². The minimum absolute atomic E-state index is 0. The quantitative estimate of drug-likeness (QED) is 0.131. The molecule has 2 N–H and O–H groups in total. The second-order valence-electron chi connectivity index (χ2n) is 5.49. The van der Waals surface area contributed by atoms with E-state index in [1.165, 1.54) is 12.1 Å². The molecule has 0 aliphatic rings. The van der Waals surface area contributed by atoms with Crippen molar-refractivity contribution >= 4 is 51.6 Å². The largest absolute Gasteiger partial charge is 0.383 e. The summed E-state index contributed by atoms with van der Waals surface area (Å²) in [6, 6.07) is 14.4. The fraction of sp³-hybridized carbons (Fsp3) is 0.278. The molecule has 0 amide bonds. The van der Waals surface area contributed by atoms with Gasteiger partial charge in [-0.3, -0.25) is 10.1 Å². The molecule has 9 heteroatoms. The molecule has 0 saturated carbocycles. The van der Waals surface area contributed by atoms with Gasteiger partial charge in [-0.15, -0.1) is 24.0 Å². The van der Waals surface area contributed by atoms with Crippen LogP contribution in [0.2, 0.25) is 0 Å². The zero-order chi connectivity index (χ0) is 18.8. The summed E-state index contributed by atoms with van der Waals surface area (Å²) in [6.45, 7) is 2.24. The van der Waals surface area contributed by atoms with E-state index in [-0.39, 0.29) is 29.7 Å². The van der Waals surface area contributed by atoms with E-state index in [0.717, 1.165) is 15.6 Å². The molecule has 0 atom stereocenters. The van der Waals surface area contributed by atoms with Gasteiger partial charge in [0.05, 0.1) is 18.1 Å². The monoisotopic (exact) mass is 548 g/mol. The van der Waals surface area contributed by atoms with Crippen LogP contribution in [0.5, 0.6) is 0 Å². The molecule has 7 nitrogen and oxygen atoms in total. The van der Waals surface area contributed by atoms with Gasteiger partial charge in [-0.2, -0.15) is 0 Å². The number of nitrogens with one attached hydrogen (secondary N) is 2. The van der Waals surface area contributed by atoms with Crippen molar-refractivity contribution in [1.29, 1.82) is 0 Å². The first-order valence-corrected chi connectivity index (χ1v) is 8.86. The smallest absolute Gasteiger partial charge is 0.269 e. The van der Waals surface area contributed by atoms with Gasteiger partial charge in [0.15, 0.2) is 5.96 Å². The fourth-order valence-electron chi connectivity index (χ4n) is 2.13. The zero-order valence-corrected chi connectivity index (χ0v) is 18.8. The van der Waals surface area contributed by atoms with E-state index in [4.69, 9.17) is 4.74 Å². The Morgan fingerprint density at radius 2 is 1.74 bits per heavy atom. The summed E-state index contributed by atoms with van der Waals surface area (Å²) in [6.07, 6.45) is 0. The Morgan fingerprint density at radius 3 is 2.33 bits per heavy atom. The summed E-state index contributed by atoms with van der Waals surface area (Å²) in [4.78, 5) is 14.9. The molecule has 2 aromatic rings. The van der Waals surface area contributed by atoms with Gasteiger partial charge in [0.1, 0.15) is 0 Å². The Morgan fingerprint density at radius 1 is 1.11 bits per heavy atom. The van der Waals surface area contributed by atoms with Crippen LogP contribution in [-0.4, -0.2) is 31.1 Å². The highest BCUT2D eigenvalue weighted by Gasteiger charge is 2.05. The molecule has 0 heterocycles. The van der Waals surface area contributed by atoms with Crippen LogP contribution < -0.4 is 10.6 Å². The first-order valence-electron chi connectivity index (χ1n) is 8.07. The van der Waals surface area contributed by atoms with Crippen molar-refractivity contribution in [3.63, 3.8) is 0 Å². The van der Waals surface area contributed by atoms with Crippen LogP contribution in [-0.2, 0) is 17.8 Å². The first-order chi connectivity index (χ1) is 12.6. The standard InChI is InChI=1S/C18H21BrN4O3.HI/c1-26-11-10-20-18(21-12-14-2-6-16(19)7-3-14)22-13-15-4-8-17(9-5-15)23(24)25;/h2-9H,10-13H2,1H3,(H2,20,21,22);1H. The van der Waals surface area contributed by atoms with E-state index >= 15 is 0 Å². The number of hydrogen-bond acceptors (Lipinski definition) is 4. The third-order valence-corrected chi connectivity index (χ3v) is 4.07. The number of nitro benzene ring substituents is 1. The van der Waals surface area contributed by atoms with E-state index in [1.54, 1.807) is 19.2 Å². The molecular formula is C18H22BrIN4O3. The molecule has 0 aliphatic carbocycles. The van der Waals surface area contributed by atoms with Gasteiger partial charge in [0.2, 0.25) is 0 Å². The van der Waals surface area contributed by atoms with Crippen molar-refractivity contribution in [3.05, 3.63) is 74.2 Å². The number of rotatable bonds is 8. The van der Waals surface area contributed by atoms with Gasteiger partial charge in [-0.05, 0) is 23.3 Å². The predicted octanol–water partition coefficient (Wildman–Crippen LogP) is 3.86. The summed E-state index contributed by atoms with van der Waals surface area (Å²) >= 11 is 3.42. The van der Waals surface area contributed by atoms with Crippen LogP contribution in [0.4, 0.5) is 5.69 Å². The molecule has 2 aromatic carbocycles. The Balaban J connectivity index is 0.00000364. The minimum Gasteiger partial charge on any atom is -0.383 e. The Kier molecular flexibility index (Phi) is 10.9. The molecular weight excluding hydrogens is 527 g/mol. The van der Waals surface area contributed by atoms with Crippen LogP contribution in [0.1, 0.15) is 11.1 Å². The van der Waals surface area contributed by atoms with Crippen molar-refractivity contribution < 1.29 is 9.66 Å². The highest BCUT2D eigenvalue weighted by molar-refractivity contribution is 14.0. The van der Waals surface area contributed by atoms with Crippen LogP contribution in [0.15, 0.2) is 58.0 Å². The van der Waals surface area contributed by atoms with Crippen LogP contribution in [0.25, 0.3) is 0 Å². The number of benzene rings is 2. The van der Waals surface area contributed by atoms with Crippen LogP contribution in [0, 0.1) is 10.1 Å². The van der Waals surface area contributed by atoms with Gasteiger partial charge in [-0.25, -0.2) is 4.99 Å². The predicted molar refractivity (Wildman–Crippen MR) is 121 cm³/mol. The third-order valence-electron chi connectivity index (χ3n) is 3.54. The van der Waals surface area contributed by atoms with E-state index < -0.39 is 4.92 Å². The molecule has 0 radical (unpaired) electrons. The SMILES string of the molecule is COCCNC(=NCc1ccc(Br)cc1)NCc1ccc([N+](=O)[O-])cc1.I. The number of guanidine groups is 1. The summed E-state index contributed by atoms with van der Waals surface area (Å²) in [5, 5.41) is 17.1. The van der Waals surface area contributed by atoms with Crippen molar-refractivity contribution in [2.75, 3.05) is 20.3 Å². The summed E-state index contributed by atoms with van der Waals surface area (Å²) in [5.41, 5.74) is 2.10. The Bertz CT molecular complexity index is 739. The lowest BCUT2D eigenvalue weighted by Gasteiger charge is -2.12.